The van der Waals surface area contributed by atoms with Gasteiger partial charge in [0.1, 0.15) is 23.0 Å². The van der Waals surface area contributed by atoms with Gasteiger partial charge in [0.15, 0.2) is 5.82 Å². The molecule has 150 valence electrons. The number of rotatable bonds is 8. The van der Waals surface area contributed by atoms with Gasteiger partial charge in [-0.05, 0) is 37.5 Å². The molecule has 0 aliphatic heterocycles. The number of fused-ring (bicyclic) bond motifs is 1. The van der Waals surface area contributed by atoms with Crippen molar-refractivity contribution in [2.45, 2.75) is 51.0 Å². The summed E-state index contributed by atoms with van der Waals surface area (Å²) in [4.78, 5) is 8.87. The number of nitrogens with zero attached hydrogens (tertiary/aromatic N) is 3. The molecule has 0 radical (unpaired) electrons. The van der Waals surface area contributed by atoms with E-state index in [4.69, 9.17) is 5.73 Å². The molecule has 3 rings (SSSR count). The molecule has 1 atom stereocenters. The van der Waals surface area contributed by atoms with Crippen molar-refractivity contribution in [3.63, 3.8) is 0 Å². The first kappa shape index (κ1) is 20.4. The lowest BCUT2D eigenvalue weighted by Gasteiger charge is -2.10. The summed E-state index contributed by atoms with van der Waals surface area (Å²) in [6.45, 7) is 4.82. The Balaban J connectivity index is 1.60. The molecule has 0 spiro atoms. The van der Waals surface area contributed by atoms with Crippen molar-refractivity contribution in [1.29, 1.82) is 0 Å². The van der Waals surface area contributed by atoms with Crippen LogP contribution >= 0.6 is 0 Å². The molecular weight excluding hydrogens is 382 g/mol. The van der Waals surface area contributed by atoms with Gasteiger partial charge < -0.3 is 10.3 Å². The molecule has 1 unspecified atom stereocenters. The van der Waals surface area contributed by atoms with Crippen LogP contribution in [0.25, 0.3) is 11.0 Å². The lowest BCUT2D eigenvalue weighted by atomic mass is 10.2. The molecule has 0 fully saturated rings. The first-order chi connectivity index (χ1) is 13.4. The first-order valence-electron chi connectivity index (χ1n) is 9.36. The standard InChI is InChI=1S/C20H24F2N4OS/c1-3-17-25-18-19(13(2)12-24-20(18)23)26(17)9-5-4-6-10-28(27)16-8-7-14(21)11-15(16)22/h7-8,11-12H,3-6,9-10H2,1-2H3,(H2,23,24). The number of aryl methyl sites for hydroxylation is 3. The van der Waals surface area contributed by atoms with Crippen molar-refractivity contribution in [3.05, 3.63) is 47.4 Å². The Kier molecular flexibility index (Phi) is 6.39. The third-order valence-electron chi connectivity index (χ3n) is 4.73. The van der Waals surface area contributed by atoms with E-state index in [0.717, 1.165) is 60.4 Å². The van der Waals surface area contributed by atoms with Gasteiger partial charge in [0, 0.05) is 31.0 Å². The summed E-state index contributed by atoms with van der Waals surface area (Å²) in [6, 6.07) is 3.16. The highest BCUT2D eigenvalue weighted by Crippen LogP contribution is 2.24. The van der Waals surface area contributed by atoms with E-state index in [1.54, 1.807) is 6.20 Å². The molecule has 8 heteroatoms. The van der Waals surface area contributed by atoms with Crippen LogP contribution in [-0.4, -0.2) is 24.5 Å². The number of hydrogen-bond acceptors (Lipinski definition) is 4. The maximum atomic E-state index is 13.7. The summed E-state index contributed by atoms with van der Waals surface area (Å²) in [7, 11) is -1.46. The van der Waals surface area contributed by atoms with Gasteiger partial charge in [-0.15, -0.1) is 0 Å². The third kappa shape index (κ3) is 4.22. The lowest BCUT2D eigenvalue weighted by Crippen LogP contribution is -2.06. The Morgan fingerprint density at radius 2 is 2.00 bits per heavy atom. The molecule has 28 heavy (non-hydrogen) atoms. The van der Waals surface area contributed by atoms with Crippen molar-refractivity contribution in [1.82, 2.24) is 14.5 Å². The molecule has 1 aromatic carbocycles. The van der Waals surface area contributed by atoms with E-state index in [9.17, 15) is 13.0 Å². The summed E-state index contributed by atoms with van der Waals surface area (Å²) in [5, 5.41) is 0. The van der Waals surface area contributed by atoms with E-state index >= 15 is 0 Å². The molecule has 0 aliphatic rings. The Bertz CT molecular complexity index is 1020. The van der Waals surface area contributed by atoms with Crippen molar-refractivity contribution >= 4 is 27.7 Å². The number of anilines is 1. The maximum Gasteiger partial charge on any atom is 0.151 e. The van der Waals surface area contributed by atoms with Crippen LogP contribution in [0.5, 0.6) is 0 Å². The quantitative estimate of drug-likeness (QED) is 0.571. The number of imidazole rings is 1. The summed E-state index contributed by atoms with van der Waals surface area (Å²) < 4.78 is 41.1. The fourth-order valence-electron chi connectivity index (χ4n) is 3.33. The summed E-state index contributed by atoms with van der Waals surface area (Å²) in [5.74, 6) is 0.339. The van der Waals surface area contributed by atoms with Gasteiger partial charge in [0.2, 0.25) is 0 Å². The molecule has 0 aliphatic carbocycles. The predicted octanol–water partition coefficient (Wildman–Crippen LogP) is 4.14. The number of benzene rings is 1. The van der Waals surface area contributed by atoms with Crippen molar-refractivity contribution in [2.75, 3.05) is 11.5 Å². The van der Waals surface area contributed by atoms with Gasteiger partial charge in [-0.2, -0.15) is 0 Å². The normalized spacial score (nSPS) is 12.6. The highest BCUT2D eigenvalue weighted by Gasteiger charge is 2.15. The van der Waals surface area contributed by atoms with Crippen LogP contribution in [0, 0.1) is 18.6 Å². The van der Waals surface area contributed by atoms with Gasteiger partial charge in [0.25, 0.3) is 0 Å². The number of aromatic nitrogens is 3. The van der Waals surface area contributed by atoms with E-state index < -0.39 is 22.4 Å². The molecule has 2 heterocycles. The minimum atomic E-state index is -1.46. The smallest absolute Gasteiger partial charge is 0.151 e. The zero-order valence-electron chi connectivity index (χ0n) is 16.0. The van der Waals surface area contributed by atoms with Gasteiger partial charge in [-0.1, -0.05) is 13.3 Å². The second kappa shape index (κ2) is 8.77. The van der Waals surface area contributed by atoms with Gasteiger partial charge in [0.05, 0.1) is 21.2 Å². The Morgan fingerprint density at radius 3 is 2.71 bits per heavy atom. The van der Waals surface area contributed by atoms with Crippen molar-refractivity contribution < 1.29 is 13.0 Å². The highest BCUT2D eigenvalue weighted by molar-refractivity contribution is 7.85. The number of nitrogens with two attached hydrogens (primary N) is 1. The second-order valence-electron chi connectivity index (χ2n) is 6.74. The van der Waals surface area contributed by atoms with Crippen LogP contribution in [0.3, 0.4) is 0 Å². The first-order valence-corrected chi connectivity index (χ1v) is 10.7. The van der Waals surface area contributed by atoms with Crippen LogP contribution in [0.4, 0.5) is 14.6 Å². The Labute approximate surface area is 165 Å². The number of pyridine rings is 1. The molecular formula is C20H24F2N4OS. The molecule has 2 aromatic heterocycles. The zero-order valence-corrected chi connectivity index (χ0v) is 16.9. The SMILES string of the molecule is CCc1nc2c(N)ncc(C)c2n1CCCCCS(=O)c1ccc(F)cc1F. The van der Waals surface area contributed by atoms with E-state index in [-0.39, 0.29) is 4.90 Å². The molecule has 2 N–H and O–H groups in total. The number of halogens is 2. The number of nitrogen functional groups attached to an aromatic ring is 1. The molecule has 0 bridgehead atoms. The van der Waals surface area contributed by atoms with Crippen LogP contribution in [0.2, 0.25) is 0 Å². The van der Waals surface area contributed by atoms with Crippen molar-refractivity contribution in [3.8, 4) is 0 Å². The largest absolute Gasteiger partial charge is 0.382 e. The van der Waals surface area contributed by atoms with E-state index in [0.29, 0.717) is 18.0 Å². The molecule has 0 saturated carbocycles. The fraction of sp³-hybridized carbons (Fsp3) is 0.400. The van der Waals surface area contributed by atoms with E-state index in [1.165, 1.54) is 6.07 Å². The van der Waals surface area contributed by atoms with Crippen LogP contribution in [0.15, 0.2) is 29.3 Å². The second-order valence-corrected chi connectivity index (χ2v) is 8.28. The zero-order chi connectivity index (χ0) is 20.3. The van der Waals surface area contributed by atoms with Crippen molar-refractivity contribution in [2.24, 2.45) is 0 Å². The average molecular weight is 407 g/mol. The van der Waals surface area contributed by atoms with Crippen LogP contribution in [-0.2, 0) is 23.8 Å². The van der Waals surface area contributed by atoms with E-state index in [2.05, 4.69) is 21.5 Å². The fourth-order valence-corrected chi connectivity index (χ4v) is 4.51. The van der Waals surface area contributed by atoms with Gasteiger partial charge in [-0.3, -0.25) is 4.21 Å². The maximum absolute atomic E-state index is 13.7. The summed E-state index contributed by atoms with van der Waals surface area (Å²) >= 11 is 0. The minimum absolute atomic E-state index is 0.0638. The molecule has 3 aromatic rings. The van der Waals surface area contributed by atoms with Gasteiger partial charge >= 0.3 is 0 Å². The predicted molar refractivity (Wildman–Crippen MR) is 108 cm³/mol. The lowest BCUT2D eigenvalue weighted by molar-refractivity contribution is 0.561. The summed E-state index contributed by atoms with van der Waals surface area (Å²) in [6.07, 6.45) is 4.97. The number of unbranched alkanes of at least 4 members (excludes halogenated alkanes) is 2. The van der Waals surface area contributed by atoms with Crippen LogP contribution in [0.1, 0.15) is 37.6 Å². The minimum Gasteiger partial charge on any atom is -0.382 e. The topological polar surface area (TPSA) is 73.8 Å². The van der Waals surface area contributed by atoms with Crippen LogP contribution < -0.4 is 5.73 Å². The third-order valence-corrected chi connectivity index (χ3v) is 6.21. The average Bonchev–Trinajstić information content (AvgIpc) is 3.04. The van der Waals surface area contributed by atoms with E-state index in [1.807, 2.05) is 6.92 Å². The summed E-state index contributed by atoms with van der Waals surface area (Å²) in [5.41, 5.74) is 8.76. The van der Waals surface area contributed by atoms with Gasteiger partial charge in [-0.25, -0.2) is 18.7 Å². The molecule has 0 amide bonds. The monoisotopic (exact) mass is 406 g/mol. The molecule has 0 saturated heterocycles. The Hall–Kier alpha value is -2.35. The molecule has 5 nitrogen and oxygen atoms in total. The highest BCUT2D eigenvalue weighted by atomic mass is 32.2. The number of hydrogen-bond donors (Lipinski definition) is 1. The Morgan fingerprint density at radius 1 is 1.21 bits per heavy atom.